The first-order valence-electron chi connectivity index (χ1n) is 8.75. The Morgan fingerprint density at radius 1 is 1.04 bits per heavy atom. The van der Waals surface area contributed by atoms with Crippen LogP contribution >= 0.6 is 0 Å². The third kappa shape index (κ3) is 3.98. The largest absolute Gasteiger partial charge is 0.465 e. The van der Waals surface area contributed by atoms with Crippen molar-refractivity contribution in [3.8, 4) is 0 Å². The molecule has 1 heterocycles. The standard InChI is InChI=1S/C20H25NO4/c1-5-15-16(19(22)24-6-2)13(4)17(20(23)25-7-3)18(21-15)14-11-9-8-10-12-14/h8-13,16H,5-7H2,1-4H3. The van der Waals surface area contributed by atoms with Gasteiger partial charge in [0, 0.05) is 17.2 Å². The van der Waals surface area contributed by atoms with E-state index in [1.165, 1.54) is 0 Å². The van der Waals surface area contributed by atoms with Gasteiger partial charge in [0.25, 0.3) is 0 Å². The van der Waals surface area contributed by atoms with Crippen molar-refractivity contribution in [2.75, 3.05) is 13.2 Å². The first kappa shape index (κ1) is 18.9. The van der Waals surface area contributed by atoms with Crippen molar-refractivity contribution in [1.29, 1.82) is 0 Å². The molecule has 0 aromatic heterocycles. The fourth-order valence-corrected chi connectivity index (χ4v) is 3.12. The lowest BCUT2D eigenvalue weighted by Gasteiger charge is -2.30. The van der Waals surface area contributed by atoms with Gasteiger partial charge in [-0.2, -0.15) is 0 Å². The van der Waals surface area contributed by atoms with E-state index in [4.69, 9.17) is 9.47 Å². The molecule has 1 aromatic rings. The van der Waals surface area contributed by atoms with Crippen LogP contribution in [0.15, 0.2) is 40.9 Å². The molecule has 2 rings (SSSR count). The van der Waals surface area contributed by atoms with E-state index in [1.54, 1.807) is 13.8 Å². The van der Waals surface area contributed by atoms with Gasteiger partial charge in [-0.1, -0.05) is 44.2 Å². The van der Waals surface area contributed by atoms with Crippen LogP contribution in [0.2, 0.25) is 0 Å². The summed E-state index contributed by atoms with van der Waals surface area (Å²) in [6, 6.07) is 9.51. The molecule has 0 N–H and O–H groups in total. The zero-order chi connectivity index (χ0) is 18.4. The van der Waals surface area contributed by atoms with Crippen LogP contribution in [0, 0.1) is 11.8 Å². The molecule has 2 atom stereocenters. The lowest BCUT2D eigenvalue weighted by molar-refractivity contribution is -0.147. The van der Waals surface area contributed by atoms with E-state index in [-0.39, 0.29) is 18.5 Å². The molecule has 1 aliphatic rings. The van der Waals surface area contributed by atoms with Crippen LogP contribution in [-0.2, 0) is 19.1 Å². The maximum Gasteiger partial charge on any atom is 0.336 e. The molecule has 0 fully saturated rings. The van der Waals surface area contributed by atoms with E-state index in [0.717, 1.165) is 11.3 Å². The van der Waals surface area contributed by atoms with Gasteiger partial charge in [-0.05, 0) is 20.3 Å². The molecule has 2 unspecified atom stereocenters. The second-order valence-electron chi connectivity index (χ2n) is 5.82. The van der Waals surface area contributed by atoms with E-state index in [9.17, 15) is 9.59 Å². The van der Waals surface area contributed by atoms with Crippen LogP contribution < -0.4 is 0 Å². The topological polar surface area (TPSA) is 65.0 Å². The highest BCUT2D eigenvalue weighted by atomic mass is 16.5. The summed E-state index contributed by atoms with van der Waals surface area (Å²) in [5.74, 6) is -1.69. The maximum absolute atomic E-state index is 12.6. The highest BCUT2D eigenvalue weighted by Crippen LogP contribution is 2.37. The number of carbonyl (C=O) groups is 2. The number of hydrogen-bond donors (Lipinski definition) is 0. The van der Waals surface area contributed by atoms with Gasteiger partial charge in [0.15, 0.2) is 0 Å². The molecule has 134 valence electrons. The average molecular weight is 343 g/mol. The Morgan fingerprint density at radius 2 is 1.68 bits per heavy atom. The third-order valence-electron chi connectivity index (χ3n) is 4.27. The summed E-state index contributed by atoms with van der Waals surface area (Å²) in [5.41, 5.74) is 2.59. The van der Waals surface area contributed by atoms with Crippen molar-refractivity contribution in [2.45, 2.75) is 34.1 Å². The Balaban J connectivity index is 2.60. The zero-order valence-electron chi connectivity index (χ0n) is 15.2. The van der Waals surface area contributed by atoms with Crippen LogP contribution in [-0.4, -0.2) is 30.9 Å². The number of hydrogen-bond acceptors (Lipinski definition) is 5. The van der Waals surface area contributed by atoms with Crippen LogP contribution in [0.4, 0.5) is 0 Å². The molecule has 0 amide bonds. The van der Waals surface area contributed by atoms with Crippen molar-refractivity contribution >= 4 is 23.3 Å². The summed E-state index contributed by atoms with van der Waals surface area (Å²) >= 11 is 0. The Hall–Kier alpha value is -2.43. The number of aliphatic imine (C=N–C) groups is 1. The second-order valence-corrected chi connectivity index (χ2v) is 5.82. The minimum atomic E-state index is -0.559. The maximum atomic E-state index is 12.6. The van der Waals surface area contributed by atoms with Gasteiger partial charge in [0.1, 0.15) is 5.92 Å². The Kier molecular flexibility index (Phi) is 6.51. The summed E-state index contributed by atoms with van der Waals surface area (Å²) < 4.78 is 10.5. The molecule has 0 bridgehead atoms. The number of benzene rings is 1. The monoisotopic (exact) mass is 343 g/mol. The molecule has 1 aliphatic heterocycles. The highest BCUT2D eigenvalue weighted by molar-refractivity contribution is 6.11. The van der Waals surface area contributed by atoms with Crippen molar-refractivity contribution in [1.82, 2.24) is 0 Å². The molecule has 0 aliphatic carbocycles. The lowest BCUT2D eigenvalue weighted by atomic mass is 9.79. The average Bonchev–Trinajstić information content (AvgIpc) is 2.61. The van der Waals surface area contributed by atoms with Gasteiger partial charge >= 0.3 is 11.9 Å². The number of esters is 2. The van der Waals surface area contributed by atoms with Gasteiger partial charge in [-0.15, -0.1) is 0 Å². The Bertz CT molecular complexity index is 691. The zero-order valence-corrected chi connectivity index (χ0v) is 15.2. The molecule has 5 nitrogen and oxygen atoms in total. The SMILES string of the molecule is CCOC(=O)C1=C(c2ccccc2)N=C(CC)C(C(=O)OCC)C1C. The lowest BCUT2D eigenvalue weighted by Crippen LogP contribution is -2.37. The summed E-state index contributed by atoms with van der Waals surface area (Å²) in [4.78, 5) is 29.8. The smallest absolute Gasteiger partial charge is 0.336 e. The molecular weight excluding hydrogens is 318 g/mol. The molecule has 0 spiro atoms. The molecule has 25 heavy (non-hydrogen) atoms. The molecule has 5 heteroatoms. The number of carbonyl (C=O) groups excluding carboxylic acids is 2. The summed E-state index contributed by atoms with van der Waals surface area (Å²) in [5, 5.41) is 0. The van der Waals surface area contributed by atoms with Gasteiger partial charge in [0.2, 0.25) is 0 Å². The van der Waals surface area contributed by atoms with Gasteiger partial charge < -0.3 is 9.47 Å². The summed E-state index contributed by atoms with van der Waals surface area (Å²) in [6.07, 6.45) is 0.611. The quantitative estimate of drug-likeness (QED) is 0.740. The number of nitrogens with zero attached hydrogens (tertiary/aromatic N) is 1. The normalized spacial score (nSPS) is 20.1. The van der Waals surface area contributed by atoms with E-state index in [1.807, 2.05) is 44.2 Å². The van der Waals surface area contributed by atoms with E-state index >= 15 is 0 Å². The minimum absolute atomic E-state index is 0.269. The Labute approximate surface area is 148 Å². The van der Waals surface area contributed by atoms with Crippen molar-refractivity contribution in [3.63, 3.8) is 0 Å². The van der Waals surface area contributed by atoms with Crippen molar-refractivity contribution in [2.24, 2.45) is 16.8 Å². The van der Waals surface area contributed by atoms with Gasteiger partial charge in [-0.25, -0.2) is 4.79 Å². The molecular formula is C20H25NO4. The van der Waals surface area contributed by atoms with Crippen molar-refractivity contribution < 1.29 is 19.1 Å². The summed E-state index contributed by atoms with van der Waals surface area (Å²) in [7, 11) is 0. The number of rotatable bonds is 6. The van der Waals surface area contributed by atoms with Crippen LogP contribution in [0.1, 0.15) is 39.7 Å². The fourth-order valence-electron chi connectivity index (χ4n) is 3.12. The first-order chi connectivity index (χ1) is 12.0. The Morgan fingerprint density at radius 3 is 2.24 bits per heavy atom. The summed E-state index contributed by atoms with van der Waals surface area (Å²) in [6.45, 7) is 7.91. The van der Waals surface area contributed by atoms with E-state index < -0.39 is 11.9 Å². The van der Waals surface area contributed by atoms with Gasteiger partial charge in [-0.3, -0.25) is 9.79 Å². The molecule has 1 aromatic carbocycles. The number of ether oxygens (including phenoxy) is 2. The molecule has 0 saturated heterocycles. The highest BCUT2D eigenvalue weighted by Gasteiger charge is 2.40. The second kappa shape index (κ2) is 8.60. The van der Waals surface area contributed by atoms with Crippen LogP contribution in [0.3, 0.4) is 0 Å². The molecule has 0 radical (unpaired) electrons. The van der Waals surface area contributed by atoms with E-state index in [2.05, 4.69) is 4.99 Å². The fraction of sp³-hybridized carbons (Fsp3) is 0.450. The first-order valence-corrected chi connectivity index (χ1v) is 8.75. The van der Waals surface area contributed by atoms with Crippen LogP contribution in [0.5, 0.6) is 0 Å². The third-order valence-corrected chi connectivity index (χ3v) is 4.27. The van der Waals surface area contributed by atoms with Gasteiger partial charge in [0.05, 0.1) is 24.5 Å². The predicted molar refractivity (Wildman–Crippen MR) is 97.0 cm³/mol. The predicted octanol–water partition coefficient (Wildman–Crippen LogP) is 3.64. The van der Waals surface area contributed by atoms with Crippen LogP contribution in [0.25, 0.3) is 5.70 Å². The van der Waals surface area contributed by atoms with Crippen molar-refractivity contribution in [3.05, 3.63) is 41.5 Å². The van der Waals surface area contributed by atoms with E-state index in [0.29, 0.717) is 24.3 Å². The minimum Gasteiger partial charge on any atom is -0.465 e. The molecule has 0 saturated carbocycles.